The van der Waals surface area contributed by atoms with Crippen LogP contribution in [0, 0.1) is 6.92 Å². The molecule has 0 aliphatic rings. The average Bonchev–Trinajstić information content (AvgIpc) is 2.55. The van der Waals surface area contributed by atoms with E-state index in [1.807, 2.05) is 49.4 Å². The SMILES string of the molecule is Cc1ccc(OCCOc2cccc3ccccc23)cc1N. The minimum absolute atomic E-state index is 0.478. The molecule has 0 unspecified atom stereocenters. The van der Waals surface area contributed by atoms with E-state index in [1.165, 1.54) is 5.39 Å². The fourth-order valence-corrected chi connectivity index (χ4v) is 2.34. The number of rotatable bonds is 5. The summed E-state index contributed by atoms with van der Waals surface area (Å²) in [4.78, 5) is 0. The quantitative estimate of drug-likeness (QED) is 0.566. The molecule has 0 saturated heterocycles. The molecule has 3 aromatic rings. The van der Waals surface area contributed by atoms with Gasteiger partial charge in [-0.1, -0.05) is 42.5 Å². The third-order valence-electron chi connectivity index (χ3n) is 3.61. The van der Waals surface area contributed by atoms with Gasteiger partial charge in [0.1, 0.15) is 24.7 Å². The lowest BCUT2D eigenvalue weighted by molar-refractivity contribution is 0.219. The first-order valence-electron chi connectivity index (χ1n) is 7.33. The van der Waals surface area contributed by atoms with Crippen molar-refractivity contribution in [2.75, 3.05) is 18.9 Å². The van der Waals surface area contributed by atoms with E-state index >= 15 is 0 Å². The average molecular weight is 293 g/mol. The highest BCUT2D eigenvalue weighted by molar-refractivity contribution is 5.88. The van der Waals surface area contributed by atoms with Gasteiger partial charge in [-0.2, -0.15) is 0 Å². The molecule has 0 fully saturated rings. The molecule has 0 aromatic heterocycles. The molecule has 0 saturated carbocycles. The maximum atomic E-state index is 5.87. The molecular formula is C19H19NO2. The van der Waals surface area contributed by atoms with Crippen molar-refractivity contribution in [1.29, 1.82) is 0 Å². The second-order valence-corrected chi connectivity index (χ2v) is 5.19. The normalized spacial score (nSPS) is 10.6. The largest absolute Gasteiger partial charge is 0.490 e. The topological polar surface area (TPSA) is 44.5 Å². The monoisotopic (exact) mass is 293 g/mol. The fourth-order valence-electron chi connectivity index (χ4n) is 2.34. The van der Waals surface area contributed by atoms with Crippen LogP contribution in [0.4, 0.5) is 5.69 Å². The highest BCUT2D eigenvalue weighted by Crippen LogP contribution is 2.25. The van der Waals surface area contributed by atoms with Crippen molar-refractivity contribution in [2.24, 2.45) is 0 Å². The molecule has 112 valence electrons. The fraction of sp³-hybridized carbons (Fsp3) is 0.158. The summed E-state index contributed by atoms with van der Waals surface area (Å²) in [6.45, 7) is 2.94. The Morgan fingerprint density at radius 2 is 1.64 bits per heavy atom. The standard InChI is InChI=1S/C19H19NO2/c1-14-9-10-16(13-18(14)20)21-11-12-22-19-8-4-6-15-5-2-3-7-17(15)19/h2-10,13H,11-12,20H2,1H3. The van der Waals surface area contributed by atoms with Gasteiger partial charge in [-0.3, -0.25) is 0 Å². The maximum Gasteiger partial charge on any atom is 0.127 e. The molecule has 0 atom stereocenters. The third-order valence-corrected chi connectivity index (χ3v) is 3.61. The first kappa shape index (κ1) is 14.3. The van der Waals surface area contributed by atoms with Crippen molar-refractivity contribution in [2.45, 2.75) is 6.92 Å². The molecular weight excluding hydrogens is 274 g/mol. The lowest BCUT2D eigenvalue weighted by Crippen LogP contribution is -2.09. The zero-order valence-corrected chi connectivity index (χ0v) is 12.6. The lowest BCUT2D eigenvalue weighted by atomic mass is 10.1. The summed E-state index contributed by atoms with van der Waals surface area (Å²) in [7, 11) is 0. The number of ether oxygens (including phenoxy) is 2. The van der Waals surface area contributed by atoms with Gasteiger partial charge in [-0.15, -0.1) is 0 Å². The van der Waals surface area contributed by atoms with E-state index in [1.54, 1.807) is 0 Å². The van der Waals surface area contributed by atoms with Crippen LogP contribution in [0.15, 0.2) is 60.7 Å². The number of aryl methyl sites for hydroxylation is 1. The molecule has 3 aromatic carbocycles. The molecule has 2 N–H and O–H groups in total. The molecule has 3 nitrogen and oxygen atoms in total. The van der Waals surface area contributed by atoms with E-state index < -0.39 is 0 Å². The van der Waals surface area contributed by atoms with Crippen LogP contribution in [0.25, 0.3) is 10.8 Å². The van der Waals surface area contributed by atoms with Crippen LogP contribution in [0.5, 0.6) is 11.5 Å². The van der Waals surface area contributed by atoms with Crippen molar-refractivity contribution in [3.05, 3.63) is 66.2 Å². The van der Waals surface area contributed by atoms with E-state index in [0.717, 1.165) is 28.1 Å². The second kappa shape index (κ2) is 6.39. The highest BCUT2D eigenvalue weighted by atomic mass is 16.5. The van der Waals surface area contributed by atoms with Crippen molar-refractivity contribution in [3.63, 3.8) is 0 Å². The van der Waals surface area contributed by atoms with Crippen LogP contribution >= 0.6 is 0 Å². The van der Waals surface area contributed by atoms with Gasteiger partial charge in [0, 0.05) is 17.1 Å². The predicted molar refractivity (Wildman–Crippen MR) is 90.5 cm³/mol. The van der Waals surface area contributed by atoms with Crippen molar-refractivity contribution in [1.82, 2.24) is 0 Å². The molecule has 0 amide bonds. The second-order valence-electron chi connectivity index (χ2n) is 5.19. The Labute approximate surface area is 130 Å². The zero-order valence-electron chi connectivity index (χ0n) is 12.6. The van der Waals surface area contributed by atoms with E-state index in [9.17, 15) is 0 Å². The molecule has 0 spiro atoms. The maximum absolute atomic E-state index is 5.87. The first-order valence-corrected chi connectivity index (χ1v) is 7.33. The van der Waals surface area contributed by atoms with Gasteiger partial charge in [0.15, 0.2) is 0 Å². The number of nitrogen functional groups attached to an aromatic ring is 1. The number of benzene rings is 3. The van der Waals surface area contributed by atoms with Crippen LogP contribution < -0.4 is 15.2 Å². The summed E-state index contributed by atoms with van der Waals surface area (Å²) in [5, 5.41) is 2.29. The smallest absolute Gasteiger partial charge is 0.127 e. The van der Waals surface area contributed by atoms with Crippen LogP contribution in [0.1, 0.15) is 5.56 Å². The Balaban J connectivity index is 1.59. The Hall–Kier alpha value is -2.68. The zero-order chi connectivity index (χ0) is 15.4. The number of hydrogen-bond donors (Lipinski definition) is 1. The number of nitrogens with two attached hydrogens (primary N) is 1. The Morgan fingerprint density at radius 3 is 2.50 bits per heavy atom. The molecule has 0 heterocycles. The van der Waals surface area contributed by atoms with E-state index in [4.69, 9.17) is 15.2 Å². The number of anilines is 1. The minimum Gasteiger partial charge on any atom is -0.490 e. The van der Waals surface area contributed by atoms with Crippen molar-refractivity contribution < 1.29 is 9.47 Å². The Bertz CT molecular complexity index is 778. The minimum atomic E-state index is 0.478. The molecule has 0 radical (unpaired) electrons. The molecule has 0 aliphatic carbocycles. The van der Waals surface area contributed by atoms with Gasteiger partial charge in [0.2, 0.25) is 0 Å². The van der Waals surface area contributed by atoms with Gasteiger partial charge in [-0.25, -0.2) is 0 Å². The Morgan fingerprint density at radius 1 is 0.864 bits per heavy atom. The first-order chi connectivity index (χ1) is 10.7. The summed E-state index contributed by atoms with van der Waals surface area (Å²) in [6, 6.07) is 19.9. The summed E-state index contributed by atoms with van der Waals surface area (Å²) in [5.74, 6) is 1.65. The lowest BCUT2D eigenvalue weighted by Gasteiger charge is -2.11. The van der Waals surface area contributed by atoms with Crippen LogP contribution in [-0.2, 0) is 0 Å². The summed E-state index contributed by atoms with van der Waals surface area (Å²) >= 11 is 0. The number of hydrogen-bond acceptors (Lipinski definition) is 3. The van der Waals surface area contributed by atoms with Gasteiger partial charge in [-0.05, 0) is 30.0 Å². The molecule has 22 heavy (non-hydrogen) atoms. The summed E-state index contributed by atoms with van der Waals surface area (Å²) in [5.41, 5.74) is 7.66. The molecule has 0 bridgehead atoms. The summed E-state index contributed by atoms with van der Waals surface area (Å²) < 4.78 is 11.5. The van der Waals surface area contributed by atoms with E-state index in [-0.39, 0.29) is 0 Å². The molecule has 3 rings (SSSR count). The third kappa shape index (κ3) is 3.14. The van der Waals surface area contributed by atoms with Crippen LogP contribution in [-0.4, -0.2) is 13.2 Å². The predicted octanol–water partition coefficient (Wildman–Crippen LogP) is 4.19. The molecule has 3 heteroatoms. The van der Waals surface area contributed by atoms with E-state index in [2.05, 4.69) is 18.2 Å². The Kier molecular flexibility index (Phi) is 4.15. The summed E-state index contributed by atoms with van der Waals surface area (Å²) in [6.07, 6.45) is 0. The van der Waals surface area contributed by atoms with Crippen LogP contribution in [0.2, 0.25) is 0 Å². The van der Waals surface area contributed by atoms with Gasteiger partial charge in [0.25, 0.3) is 0 Å². The van der Waals surface area contributed by atoms with E-state index in [0.29, 0.717) is 13.2 Å². The molecule has 0 aliphatic heterocycles. The van der Waals surface area contributed by atoms with Crippen molar-refractivity contribution in [3.8, 4) is 11.5 Å². The van der Waals surface area contributed by atoms with Crippen molar-refractivity contribution >= 4 is 16.5 Å². The number of fused-ring (bicyclic) bond motifs is 1. The van der Waals surface area contributed by atoms with Gasteiger partial charge >= 0.3 is 0 Å². The van der Waals surface area contributed by atoms with Crippen LogP contribution in [0.3, 0.4) is 0 Å². The van der Waals surface area contributed by atoms with Gasteiger partial charge in [0.05, 0.1) is 0 Å². The highest BCUT2D eigenvalue weighted by Gasteiger charge is 2.02. The van der Waals surface area contributed by atoms with Gasteiger partial charge < -0.3 is 15.2 Å².